The van der Waals surface area contributed by atoms with E-state index >= 15 is 0 Å². The van der Waals surface area contributed by atoms with Crippen LogP contribution in [0.4, 0.5) is 10.1 Å². The van der Waals surface area contributed by atoms with Gasteiger partial charge >= 0.3 is 0 Å². The molecule has 0 radical (unpaired) electrons. The maximum atomic E-state index is 13.8. The second kappa shape index (κ2) is 4.31. The van der Waals surface area contributed by atoms with Gasteiger partial charge in [0.1, 0.15) is 0 Å². The molecule has 2 N–H and O–H groups in total. The number of nitrogens with one attached hydrogen (secondary N) is 1. The van der Waals surface area contributed by atoms with E-state index in [4.69, 9.17) is 4.74 Å². The van der Waals surface area contributed by atoms with E-state index in [1.165, 1.54) is 19.2 Å². The molecule has 0 fully saturated rings. The molecule has 2 aromatic rings. The van der Waals surface area contributed by atoms with Crippen LogP contribution < -0.4 is 10.1 Å². The number of para-hydroxylation sites is 1. The molecular weight excluding hydrogens is 261 g/mol. The summed E-state index contributed by atoms with van der Waals surface area (Å²) in [5.74, 6) is -1.16. The number of hydrogen-bond acceptors (Lipinski definition) is 3. The number of fused-ring (bicyclic) bond motifs is 1. The quantitative estimate of drug-likeness (QED) is 0.880. The van der Waals surface area contributed by atoms with E-state index in [1.807, 2.05) is 0 Å². The van der Waals surface area contributed by atoms with Crippen molar-refractivity contribution < 1.29 is 19.0 Å². The second-order valence-electron chi connectivity index (χ2n) is 4.56. The van der Waals surface area contributed by atoms with Crippen LogP contribution in [-0.2, 0) is 10.4 Å². The van der Waals surface area contributed by atoms with Crippen LogP contribution in [0.2, 0.25) is 0 Å². The molecule has 1 heterocycles. The van der Waals surface area contributed by atoms with Crippen LogP contribution in [-0.4, -0.2) is 18.1 Å². The van der Waals surface area contributed by atoms with E-state index in [0.717, 1.165) is 6.07 Å². The highest BCUT2D eigenvalue weighted by Crippen LogP contribution is 2.41. The molecule has 1 aliphatic rings. The normalized spacial score (nSPS) is 20.4. The van der Waals surface area contributed by atoms with E-state index in [1.54, 1.807) is 24.3 Å². The number of hydrogen-bond donors (Lipinski definition) is 2. The standard InChI is InChI=1S/C15H12FNO3/c1-20-13-7-6-9(8-11(13)16)15(19)10-4-2-3-5-12(10)17-14(15)18/h2-8,19H,1H3,(H,17,18). The number of carbonyl (C=O) groups is 1. The Balaban J connectivity index is 2.18. The van der Waals surface area contributed by atoms with Crippen molar-refractivity contribution >= 4 is 11.6 Å². The molecule has 1 aliphatic heterocycles. The number of amides is 1. The van der Waals surface area contributed by atoms with Crippen molar-refractivity contribution in [2.24, 2.45) is 0 Å². The Morgan fingerprint density at radius 3 is 2.70 bits per heavy atom. The van der Waals surface area contributed by atoms with Crippen LogP contribution in [0.25, 0.3) is 0 Å². The summed E-state index contributed by atoms with van der Waals surface area (Å²) in [6, 6.07) is 10.8. The van der Waals surface area contributed by atoms with Crippen molar-refractivity contribution in [3.8, 4) is 5.75 Å². The average molecular weight is 273 g/mol. The molecule has 0 bridgehead atoms. The minimum Gasteiger partial charge on any atom is -0.494 e. The largest absolute Gasteiger partial charge is 0.494 e. The molecule has 5 heteroatoms. The van der Waals surface area contributed by atoms with Crippen molar-refractivity contribution in [3.63, 3.8) is 0 Å². The van der Waals surface area contributed by atoms with Crippen molar-refractivity contribution in [1.29, 1.82) is 0 Å². The van der Waals surface area contributed by atoms with Gasteiger partial charge in [0, 0.05) is 16.8 Å². The van der Waals surface area contributed by atoms with Crippen LogP contribution in [0.3, 0.4) is 0 Å². The highest BCUT2D eigenvalue weighted by molar-refractivity contribution is 6.07. The highest BCUT2D eigenvalue weighted by Gasteiger charge is 2.46. The minimum absolute atomic E-state index is 0.0593. The Bertz CT molecular complexity index is 701. The lowest BCUT2D eigenvalue weighted by molar-refractivity contribution is -0.129. The van der Waals surface area contributed by atoms with Crippen molar-refractivity contribution in [2.75, 3.05) is 12.4 Å². The van der Waals surface area contributed by atoms with Gasteiger partial charge in [-0.3, -0.25) is 4.79 Å². The number of anilines is 1. The van der Waals surface area contributed by atoms with Crippen LogP contribution in [0.15, 0.2) is 42.5 Å². The fourth-order valence-corrected chi connectivity index (χ4v) is 2.42. The number of ether oxygens (including phenoxy) is 1. The van der Waals surface area contributed by atoms with Crippen molar-refractivity contribution in [2.45, 2.75) is 5.60 Å². The molecule has 102 valence electrons. The Morgan fingerprint density at radius 1 is 1.25 bits per heavy atom. The molecular formula is C15H12FNO3. The molecule has 2 aromatic carbocycles. The van der Waals surface area contributed by atoms with Gasteiger partial charge < -0.3 is 15.2 Å². The maximum Gasteiger partial charge on any atom is 0.265 e. The number of benzene rings is 2. The summed E-state index contributed by atoms with van der Waals surface area (Å²) in [5.41, 5.74) is -0.784. The Kier molecular flexibility index (Phi) is 2.72. The van der Waals surface area contributed by atoms with E-state index < -0.39 is 17.3 Å². The van der Waals surface area contributed by atoms with Gasteiger partial charge in [-0.15, -0.1) is 0 Å². The maximum absolute atomic E-state index is 13.8. The van der Waals surface area contributed by atoms with Gasteiger partial charge in [-0.1, -0.05) is 24.3 Å². The van der Waals surface area contributed by atoms with Gasteiger partial charge in [-0.25, -0.2) is 4.39 Å². The molecule has 0 saturated carbocycles. The Labute approximate surface area is 114 Å². The second-order valence-corrected chi connectivity index (χ2v) is 4.56. The van der Waals surface area contributed by atoms with E-state index in [2.05, 4.69) is 5.32 Å². The van der Waals surface area contributed by atoms with Crippen LogP contribution in [0.5, 0.6) is 5.75 Å². The SMILES string of the molecule is COc1ccc(C2(O)C(=O)Nc3ccccc32)cc1F. The molecule has 1 atom stereocenters. The van der Waals surface area contributed by atoms with Crippen molar-refractivity contribution in [1.82, 2.24) is 0 Å². The molecule has 0 saturated heterocycles. The summed E-state index contributed by atoms with van der Waals surface area (Å²) < 4.78 is 18.6. The molecule has 0 aliphatic carbocycles. The molecule has 1 amide bonds. The lowest BCUT2D eigenvalue weighted by Gasteiger charge is -2.21. The van der Waals surface area contributed by atoms with E-state index in [0.29, 0.717) is 11.3 Å². The Hall–Kier alpha value is -2.40. The van der Waals surface area contributed by atoms with Gasteiger partial charge in [-0.05, 0) is 18.2 Å². The molecule has 0 spiro atoms. The highest BCUT2D eigenvalue weighted by atomic mass is 19.1. The fourth-order valence-electron chi connectivity index (χ4n) is 2.42. The third-order valence-electron chi connectivity index (χ3n) is 3.46. The zero-order chi connectivity index (χ0) is 14.3. The average Bonchev–Trinajstić information content (AvgIpc) is 2.72. The smallest absolute Gasteiger partial charge is 0.265 e. The van der Waals surface area contributed by atoms with Gasteiger partial charge in [0.25, 0.3) is 5.91 Å². The summed E-state index contributed by atoms with van der Waals surface area (Å²) in [6.45, 7) is 0. The summed E-state index contributed by atoms with van der Waals surface area (Å²) in [7, 11) is 1.35. The van der Waals surface area contributed by atoms with Gasteiger partial charge in [0.05, 0.1) is 7.11 Å². The van der Waals surface area contributed by atoms with E-state index in [-0.39, 0.29) is 11.3 Å². The number of rotatable bonds is 2. The first-order valence-corrected chi connectivity index (χ1v) is 6.04. The predicted molar refractivity (Wildman–Crippen MR) is 71.0 cm³/mol. The molecule has 1 unspecified atom stereocenters. The van der Waals surface area contributed by atoms with Crippen LogP contribution in [0.1, 0.15) is 11.1 Å². The summed E-state index contributed by atoms with van der Waals surface area (Å²) in [6.07, 6.45) is 0. The zero-order valence-corrected chi connectivity index (χ0v) is 10.7. The number of halogens is 1. The third-order valence-corrected chi connectivity index (χ3v) is 3.46. The van der Waals surface area contributed by atoms with Gasteiger partial charge in [-0.2, -0.15) is 0 Å². The first kappa shape index (κ1) is 12.6. The number of carbonyl (C=O) groups excluding carboxylic acids is 1. The van der Waals surface area contributed by atoms with Gasteiger partial charge in [0.15, 0.2) is 17.2 Å². The predicted octanol–water partition coefficient (Wildman–Crippen LogP) is 2.02. The first-order valence-electron chi connectivity index (χ1n) is 6.04. The first-order chi connectivity index (χ1) is 9.57. The molecule has 3 rings (SSSR count). The van der Waals surface area contributed by atoms with Crippen molar-refractivity contribution in [3.05, 3.63) is 59.4 Å². The van der Waals surface area contributed by atoms with Gasteiger partial charge in [0.2, 0.25) is 0 Å². The molecule has 4 nitrogen and oxygen atoms in total. The molecule has 20 heavy (non-hydrogen) atoms. The van der Waals surface area contributed by atoms with Crippen LogP contribution in [0, 0.1) is 5.82 Å². The Morgan fingerprint density at radius 2 is 2.00 bits per heavy atom. The van der Waals surface area contributed by atoms with Crippen LogP contribution >= 0.6 is 0 Å². The van der Waals surface area contributed by atoms with E-state index in [9.17, 15) is 14.3 Å². The molecule has 0 aromatic heterocycles. The summed E-state index contributed by atoms with van der Waals surface area (Å²) >= 11 is 0. The summed E-state index contributed by atoms with van der Waals surface area (Å²) in [4.78, 5) is 12.1. The monoisotopic (exact) mass is 273 g/mol. The minimum atomic E-state index is -1.89. The third kappa shape index (κ3) is 1.60. The lowest BCUT2D eigenvalue weighted by atomic mass is 9.87. The zero-order valence-electron chi connectivity index (χ0n) is 10.7. The number of aliphatic hydroxyl groups is 1. The number of methoxy groups -OCH3 is 1. The summed E-state index contributed by atoms with van der Waals surface area (Å²) in [5, 5.41) is 13.3. The fraction of sp³-hybridized carbons (Fsp3) is 0.133. The topological polar surface area (TPSA) is 58.6 Å². The lowest BCUT2D eigenvalue weighted by Crippen LogP contribution is -2.35.